The number of rotatable bonds is 6. The number of imidazole rings is 1. The van der Waals surface area contributed by atoms with Gasteiger partial charge in [-0.3, -0.25) is 0 Å². The number of benzene rings is 1. The van der Waals surface area contributed by atoms with Gasteiger partial charge in [-0.2, -0.15) is 4.98 Å². The van der Waals surface area contributed by atoms with Gasteiger partial charge in [-0.1, -0.05) is 29.1 Å². The van der Waals surface area contributed by atoms with Crippen LogP contribution in [0.1, 0.15) is 31.0 Å². The molecular formula is C17H20N4O2S. The van der Waals surface area contributed by atoms with Crippen LogP contribution < -0.4 is 0 Å². The molecule has 7 heteroatoms. The number of fused-ring (bicyclic) bond motifs is 1. The lowest BCUT2D eigenvalue weighted by molar-refractivity contribution is 0.192. The van der Waals surface area contributed by atoms with Gasteiger partial charge < -0.3 is 13.8 Å². The molecule has 2 aromatic heterocycles. The summed E-state index contributed by atoms with van der Waals surface area (Å²) in [6, 6.07) is 8.25. The van der Waals surface area contributed by atoms with Gasteiger partial charge in [0.15, 0.2) is 11.0 Å². The molecule has 126 valence electrons. The number of ether oxygens (including phenoxy) is 1. The summed E-state index contributed by atoms with van der Waals surface area (Å²) >= 11 is 1.73. The standard InChI is InChI=1S/C17H20N4O2S/c1-2-21-14-6-4-3-5-13(14)18-17(21)24-10-8-15-19-16(20-23-15)12-7-9-22-11-12/h3-6,12H,2,7-11H2,1H3/t12-/m0/s1. The Balaban J connectivity index is 1.40. The third-order valence-electron chi connectivity index (χ3n) is 4.26. The molecule has 1 aliphatic heterocycles. The molecule has 0 saturated carbocycles. The minimum Gasteiger partial charge on any atom is -0.381 e. The number of nitrogens with zero attached hydrogens (tertiary/aromatic N) is 4. The van der Waals surface area contributed by atoms with Crippen LogP contribution >= 0.6 is 11.8 Å². The van der Waals surface area contributed by atoms with E-state index >= 15 is 0 Å². The molecule has 0 aliphatic carbocycles. The predicted molar refractivity (Wildman–Crippen MR) is 92.3 cm³/mol. The van der Waals surface area contributed by atoms with Crippen LogP contribution in [-0.2, 0) is 17.7 Å². The minimum atomic E-state index is 0.291. The van der Waals surface area contributed by atoms with Gasteiger partial charge in [0.1, 0.15) is 0 Å². The predicted octanol–water partition coefficient (Wildman–Crippen LogP) is 3.28. The summed E-state index contributed by atoms with van der Waals surface area (Å²) in [5.41, 5.74) is 2.23. The van der Waals surface area contributed by atoms with Gasteiger partial charge in [0, 0.05) is 31.2 Å². The van der Waals surface area contributed by atoms with Crippen LogP contribution in [0.4, 0.5) is 0 Å². The Morgan fingerprint density at radius 3 is 3.04 bits per heavy atom. The highest BCUT2D eigenvalue weighted by molar-refractivity contribution is 7.99. The third kappa shape index (κ3) is 3.06. The molecule has 6 nitrogen and oxygen atoms in total. The van der Waals surface area contributed by atoms with Crippen molar-refractivity contribution in [3.8, 4) is 0 Å². The second kappa shape index (κ2) is 6.94. The summed E-state index contributed by atoms with van der Waals surface area (Å²) < 4.78 is 13.0. The first kappa shape index (κ1) is 15.7. The molecule has 0 spiro atoms. The Morgan fingerprint density at radius 2 is 2.21 bits per heavy atom. The Bertz CT molecular complexity index is 823. The first-order chi connectivity index (χ1) is 11.8. The van der Waals surface area contributed by atoms with E-state index in [1.807, 2.05) is 6.07 Å². The number of para-hydroxylation sites is 2. The highest BCUT2D eigenvalue weighted by Gasteiger charge is 2.23. The molecule has 0 amide bonds. The van der Waals surface area contributed by atoms with Crippen molar-refractivity contribution in [2.24, 2.45) is 0 Å². The molecule has 1 aromatic carbocycles. The maximum atomic E-state index is 5.38. The minimum absolute atomic E-state index is 0.291. The van der Waals surface area contributed by atoms with Gasteiger partial charge in [0.2, 0.25) is 5.89 Å². The highest BCUT2D eigenvalue weighted by Crippen LogP contribution is 2.25. The molecule has 24 heavy (non-hydrogen) atoms. The van der Waals surface area contributed by atoms with Gasteiger partial charge in [-0.05, 0) is 25.5 Å². The summed E-state index contributed by atoms with van der Waals surface area (Å²) in [6.07, 6.45) is 1.73. The molecule has 3 aromatic rings. The number of aryl methyl sites for hydroxylation is 2. The quantitative estimate of drug-likeness (QED) is 0.639. The van der Waals surface area contributed by atoms with E-state index in [0.717, 1.165) is 48.2 Å². The van der Waals surface area contributed by atoms with Gasteiger partial charge in [-0.25, -0.2) is 4.98 Å². The Hall–Kier alpha value is -1.86. The van der Waals surface area contributed by atoms with Crippen molar-refractivity contribution in [2.75, 3.05) is 19.0 Å². The number of hydrogen-bond donors (Lipinski definition) is 0. The molecule has 1 saturated heterocycles. The second-order valence-corrected chi connectivity index (χ2v) is 6.89. The summed E-state index contributed by atoms with van der Waals surface area (Å²) in [7, 11) is 0. The Labute approximate surface area is 144 Å². The highest BCUT2D eigenvalue weighted by atomic mass is 32.2. The topological polar surface area (TPSA) is 66.0 Å². The average Bonchev–Trinajstić information content (AvgIpc) is 3.33. The van der Waals surface area contributed by atoms with Crippen molar-refractivity contribution in [1.82, 2.24) is 19.7 Å². The van der Waals surface area contributed by atoms with Crippen molar-refractivity contribution in [1.29, 1.82) is 0 Å². The van der Waals surface area contributed by atoms with Crippen LogP contribution in [0.25, 0.3) is 11.0 Å². The Kier molecular flexibility index (Phi) is 4.53. The number of thioether (sulfide) groups is 1. The number of aromatic nitrogens is 4. The van der Waals surface area contributed by atoms with Crippen molar-refractivity contribution in [3.05, 3.63) is 36.0 Å². The fraction of sp³-hybridized carbons (Fsp3) is 0.471. The van der Waals surface area contributed by atoms with Crippen molar-refractivity contribution in [2.45, 2.75) is 37.4 Å². The monoisotopic (exact) mass is 344 g/mol. The first-order valence-electron chi connectivity index (χ1n) is 8.33. The van der Waals surface area contributed by atoms with Crippen LogP contribution in [0.2, 0.25) is 0 Å². The van der Waals surface area contributed by atoms with E-state index in [-0.39, 0.29) is 0 Å². The van der Waals surface area contributed by atoms with Gasteiger partial charge >= 0.3 is 0 Å². The van der Waals surface area contributed by atoms with E-state index in [4.69, 9.17) is 14.2 Å². The average molecular weight is 344 g/mol. The lowest BCUT2D eigenvalue weighted by Gasteiger charge is -2.04. The smallest absolute Gasteiger partial charge is 0.227 e. The molecule has 0 N–H and O–H groups in total. The van der Waals surface area contributed by atoms with Crippen molar-refractivity contribution < 1.29 is 9.26 Å². The largest absolute Gasteiger partial charge is 0.381 e. The Morgan fingerprint density at radius 1 is 1.29 bits per heavy atom. The van der Waals surface area contributed by atoms with E-state index in [0.29, 0.717) is 18.4 Å². The molecule has 0 bridgehead atoms. The van der Waals surface area contributed by atoms with Crippen molar-refractivity contribution >= 4 is 22.8 Å². The molecule has 0 unspecified atom stereocenters. The summed E-state index contributed by atoms with van der Waals surface area (Å²) in [5, 5.41) is 5.14. The lowest BCUT2D eigenvalue weighted by atomic mass is 10.1. The molecule has 1 aliphatic rings. The molecular weight excluding hydrogens is 324 g/mol. The van der Waals surface area contributed by atoms with Crippen LogP contribution in [0.5, 0.6) is 0 Å². The molecule has 1 atom stereocenters. The van der Waals surface area contributed by atoms with Crippen LogP contribution in [0, 0.1) is 0 Å². The molecule has 1 fully saturated rings. The van der Waals surface area contributed by atoms with Crippen molar-refractivity contribution in [3.63, 3.8) is 0 Å². The van der Waals surface area contributed by atoms with Crippen LogP contribution in [0.3, 0.4) is 0 Å². The van der Waals surface area contributed by atoms with Crippen LogP contribution in [0.15, 0.2) is 33.9 Å². The molecule has 4 rings (SSSR count). The van der Waals surface area contributed by atoms with Crippen LogP contribution in [-0.4, -0.2) is 38.7 Å². The maximum absolute atomic E-state index is 5.38. The zero-order chi connectivity index (χ0) is 16.4. The summed E-state index contributed by atoms with van der Waals surface area (Å²) in [4.78, 5) is 9.24. The van der Waals surface area contributed by atoms with Gasteiger partial charge in [-0.15, -0.1) is 0 Å². The summed E-state index contributed by atoms with van der Waals surface area (Å²) in [6.45, 7) is 4.55. The second-order valence-electron chi connectivity index (χ2n) is 5.83. The molecule has 0 radical (unpaired) electrons. The van der Waals surface area contributed by atoms with E-state index in [9.17, 15) is 0 Å². The SMILES string of the molecule is CCn1c(SCCc2nc([C@H]3CCOC3)no2)nc2ccccc21. The van der Waals surface area contributed by atoms with E-state index < -0.39 is 0 Å². The maximum Gasteiger partial charge on any atom is 0.227 e. The van der Waals surface area contributed by atoms with E-state index in [1.54, 1.807) is 11.8 Å². The van der Waals surface area contributed by atoms with E-state index in [2.05, 4.69) is 39.8 Å². The zero-order valence-corrected chi connectivity index (χ0v) is 14.5. The van der Waals surface area contributed by atoms with Gasteiger partial charge in [0.05, 0.1) is 17.6 Å². The zero-order valence-electron chi connectivity index (χ0n) is 13.6. The summed E-state index contributed by atoms with van der Waals surface area (Å²) in [5.74, 6) is 2.64. The third-order valence-corrected chi connectivity index (χ3v) is 5.24. The lowest BCUT2D eigenvalue weighted by Crippen LogP contribution is -2.00. The first-order valence-corrected chi connectivity index (χ1v) is 9.32. The van der Waals surface area contributed by atoms with E-state index in [1.165, 1.54) is 5.52 Å². The normalized spacial score (nSPS) is 17.8. The van der Waals surface area contributed by atoms with Gasteiger partial charge in [0.25, 0.3) is 0 Å². The fourth-order valence-corrected chi connectivity index (χ4v) is 3.98. The molecule has 3 heterocycles. The fourth-order valence-electron chi connectivity index (χ4n) is 2.97. The number of hydrogen-bond acceptors (Lipinski definition) is 6.